The first-order valence-electron chi connectivity index (χ1n) is 10.3. The van der Waals surface area contributed by atoms with Crippen molar-refractivity contribution in [3.63, 3.8) is 0 Å². The van der Waals surface area contributed by atoms with Crippen LogP contribution in [0.1, 0.15) is 29.2 Å². The number of para-hydroxylation sites is 1. The van der Waals surface area contributed by atoms with E-state index in [1.54, 1.807) is 36.7 Å². The summed E-state index contributed by atoms with van der Waals surface area (Å²) in [6.45, 7) is 0.474. The molecular formula is C24H19N5O3S. The van der Waals surface area contributed by atoms with Gasteiger partial charge in [0.05, 0.1) is 34.5 Å². The molecule has 1 N–H and O–H groups in total. The summed E-state index contributed by atoms with van der Waals surface area (Å²) in [5.41, 5.74) is 2.09. The van der Waals surface area contributed by atoms with Crippen LogP contribution in [0.5, 0.6) is 0 Å². The Hall–Kier alpha value is -4.11. The van der Waals surface area contributed by atoms with Gasteiger partial charge in [-0.1, -0.05) is 24.3 Å². The van der Waals surface area contributed by atoms with Crippen LogP contribution in [0.15, 0.2) is 89.6 Å². The summed E-state index contributed by atoms with van der Waals surface area (Å²) in [5, 5.41) is 15.4. The molecule has 5 rings (SSSR count). The van der Waals surface area contributed by atoms with Crippen molar-refractivity contribution < 1.29 is 9.34 Å². The molecule has 8 nitrogen and oxygen atoms in total. The van der Waals surface area contributed by atoms with Crippen LogP contribution in [0, 0.1) is 10.1 Å². The molecule has 4 heterocycles. The Kier molecular flexibility index (Phi) is 5.54. The lowest BCUT2D eigenvalue weighted by atomic mass is 10.0. The van der Waals surface area contributed by atoms with Gasteiger partial charge in [0.25, 0.3) is 5.69 Å². The molecule has 0 spiro atoms. The van der Waals surface area contributed by atoms with Crippen molar-refractivity contribution in [3.05, 3.63) is 112 Å². The van der Waals surface area contributed by atoms with Crippen LogP contribution in [-0.4, -0.2) is 24.9 Å². The van der Waals surface area contributed by atoms with E-state index in [4.69, 9.17) is 16.6 Å². The second kappa shape index (κ2) is 8.79. The third-order valence-electron chi connectivity index (χ3n) is 5.54. The first-order valence-corrected chi connectivity index (χ1v) is 10.7. The van der Waals surface area contributed by atoms with E-state index < -0.39 is 4.92 Å². The minimum Gasteiger partial charge on any atom is -0.459 e. The summed E-state index contributed by atoms with van der Waals surface area (Å²) in [6.07, 6.45) is 3.48. The molecule has 3 aromatic heterocycles. The molecule has 0 saturated carbocycles. The molecule has 4 aromatic rings. The molecule has 1 fully saturated rings. The van der Waals surface area contributed by atoms with Gasteiger partial charge in [-0.3, -0.25) is 20.1 Å². The zero-order chi connectivity index (χ0) is 22.8. The highest BCUT2D eigenvalue weighted by molar-refractivity contribution is 7.80. The highest BCUT2D eigenvalue weighted by atomic mass is 32.1. The summed E-state index contributed by atoms with van der Waals surface area (Å²) in [6, 6.07) is 21.0. The van der Waals surface area contributed by atoms with Crippen molar-refractivity contribution in [2.45, 2.75) is 18.6 Å². The summed E-state index contributed by atoms with van der Waals surface area (Å²) in [5.74, 6) is 1.05. The van der Waals surface area contributed by atoms with E-state index in [1.165, 1.54) is 6.07 Å². The topological polar surface area (TPSA) is 97.3 Å². The summed E-state index contributed by atoms with van der Waals surface area (Å²) < 4.78 is 6.22. The number of furan rings is 1. The molecule has 1 aliphatic heterocycles. The van der Waals surface area contributed by atoms with Crippen LogP contribution >= 0.6 is 12.2 Å². The van der Waals surface area contributed by atoms with Crippen molar-refractivity contribution in [1.82, 2.24) is 20.2 Å². The minimum absolute atomic E-state index is 0.00918. The summed E-state index contributed by atoms with van der Waals surface area (Å²) in [4.78, 5) is 22.1. The van der Waals surface area contributed by atoms with Crippen molar-refractivity contribution in [3.8, 4) is 11.3 Å². The zero-order valence-electron chi connectivity index (χ0n) is 17.4. The normalized spacial score (nSPS) is 17.7. The fraction of sp³-hybridized carbons (Fsp3) is 0.125. The largest absolute Gasteiger partial charge is 0.459 e. The van der Waals surface area contributed by atoms with Gasteiger partial charge >= 0.3 is 0 Å². The Balaban J connectivity index is 1.56. The second-order valence-electron chi connectivity index (χ2n) is 7.55. The monoisotopic (exact) mass is 457 g/mol. The maximum Gasteiger partial charge on any atom is 0.280 e. The molecule has 164 valence electrons. The number of nitro groups is 1. The van der Waals surface area contributed by atoms with Crippen molar-refractivity contribution in [2.75, 3.05) is 0 Å². The number of aromatic nitrogens is 2. The van der Waals surface area contributed by atoms with E-state index in [-0.39, 0.29) is 17.8 Å². The lowest BCUT2D eigenvalue weighted by Gasteiger charge is -2.25. The Morgan fingerprint density at radius 2 is 1.76 bits per heavy atom. The maximum atomic E-state index is 11.5. The quantitative estimate of drug-likeness (QED) is 0.250. The molecule has 0 amide bonds. The van der Waals surface area contributed by atoms with Crippen molar-refractivity contribution in [1.29, 1.82) is 0 Å². The number of hydrogen-bond donors (Lipinski definition) is 1. The lowest BCUT2D eigenvalue weighted by molar-refractivity contribution is -0.384. The molecular weight excluding hydrogens is 438 g/mol. The smallest absolute Gasteiger partial charge is 0.280 e. The van der Waals surface area contributed by atoms with Gasteiger partial charge in [-0.15, -0.1) is 0 Å². The minimum atomic E-state index is -0.409. The molecule has 1 aromatic carbocycles. The summed E-state index contributed by atoms with van der Waals surface area (Å²) in [7, 11) is 0. The number of benzene rings is 1. The fourth-order valence-corrected chi connectivity index (χ4v) is 4.35. The third-order valence-corrected chi connectivity index (χ3v) is 5.89. The molecule has 2 atom stereocenters. The molecule has 9 heteroatoms. The number of rotatable bonds is 6. The SMILES string of the molecule is O=[N+]([O-])c1ccccc1-c1ccc([C@H]2[C@H](c3ccccn3)NC(=S)N2Cc2ccccn2)o1. The Bertz CT molecular complexity index is 1300. The van der Waals surface area contributed by atoms with Crippen molar-refractivity contribution >= 4 is 23.0 Å². The molecule has 1 aliphatic rings. The molecule has 1 saturated heterocycles. The second-order valence-corrected chi connectivity index (χ2v) is 7.94. The maximum absolute atomic E-state index is 11.5. The van der Waals surface area contributed by atoms with E-state index in [1.807, 2.05) is 47.4 Å². The first kappa shape index (κ1) is 20.8. The van der Waals surface area contributed by atoms with Crippen LogP contribution in [0.4, 0.5) is 5.69 Å². The standard InChI is InChI=1S/C24H19N5O3S/c30-29(31)19-10-2-1-8-17(19)20-11-12-21(32-20)23-22(18-9-4-6-14-26-18)27-24(33)28(23)15-16-7-3-5-13-25-16/h1-14,22-23H,15H2,(H,27,33)/t22-,23-/m0/s1. The van der Waals surface area contributed by atoms with Gasteiger partial charge in [0, 0.05) is 18.5 Å². The van der Waals surface area contributed by atoms with Gasteiger partial charge < -0.3 is 14.6 Å². The van der Waals surface area contributed by atoms with E-state index >= 15 is 0 Å². The average molecular weight is 458 g/mol. The Morgan fingerprint density at radius 1 is 1.00 bits per heavy atom. The van der Waals surface area contributed by atoms with E-state index in [2.05, 4.69) is 15.3 Å². The van der Waals surface area contributed by atoms with Crippen LogP contribution in [0.3, 0.4) is 0 Å². The lowest BCUT2D eigenvalue weighted by Crippen LogP contribution is -2.29. The Morgan fingerprint density at radius 3 is 2.48 bits per heavy atom. The third kappa shape index (κ3) is 4.06. The first-order chi connectivity index (χ1) is 16.1. The molecule has 0 bridgehead atoms. The summed E-state index contributed by atoms with van der Waals surface area (Å²) >= 11 is 5.68. The number of thiocarbonyl (C=S) groups is 1. The van der Waals surface area contributed by atoms with Crippen molar-refractivity contribution in [2.24, 2.45) is 0 Å². The van der Waals surface area contributed by atoms with Crippen LogP contribution < -0.4 is 5.32 Å². The fourth-order valence-electron chi connectivity index (χ4n) is 4.05. The Labute approximate surface area is 195 Å². The van der Waals surface area contributed by atoms with E-state index in [0.29, 0.717) is 28.7 Å². The molecule has 0 radical (unpaired) electrons. The van der Waals surface area contributed by atoms with E-state index in [0.717, 1.165) is 11.4 Å². The highest BCUT2D eigenvalue weighted by Gasteiger charge is 2.42. The van der Waals surface area contributed by atoms with Crippen LogP contribution in [0.25, 0.3) is 11.3 Å². The molecule has 33 heavy (non-hydrogen) atoms. The predicted molar refractivity (Wildman–Crippen MR) is 126 cm³/mol. The zero-order valence-corrected chi connectivity index (χ0v) is 18.2. The van der Waals surface area contributed by atoms with Gasteiger partial charge in [0.2, 0.25) is 0 Å². The number of nitro benzene ring substituents is 1. The number of hydrogen-bond acceptors (Lipinski definition) is 6. The number of nitrogens with zero attached hydrogens (tertiary/aromatic N) is 4. The van der Waals surface area contributed by atoms with Gasteiger partial charge in [0.1, 0.15) is 17.6 Å². The van der Waals surface area contributed by atoms with Crippen LogP contribution in [0.2, 0.25) is 0 Å². The van der Waals surface area contributed by atoms with E-state index in [9.17, 15) is 10.1 Å². The number of pyridine rings is 2. The highest BCUT2D eigenvalue weighted by Crippen LogP contribution is 2.42. The average Bonchev–Trinajstić information content (AvgIpc) is 3.45. The van der Waals surface area contributed by atoms with Gasteiger partial charge in [-0.25, -0.2) is 0 Å². The predicted octanol–water partition coefficient (Wildman–Crippen LogP) is 4.82. The molecule has 0 unspecified atom stereocenters. The van der Waals surface area contributed by atoms with Gasteiger partial charge in [0.15, 0.2) is 5.11 Å². The van der Waals surface area contributed by atoms with Crippen LogP contribution in [-0.2, 0) is 6.54 Å². The van der Waals surface area contributed by atoms with Gasteiger partial charge in [-0.05, 0) is 54.7 Å². The van der Waals surface area contributed by atoms with Gasteiger partial charge in [-0.2, -0.15) is 0 Å². The number of nitrogens with one attached hydrogen (secondary N) is 1. The molecule has 0 aliphatic carbocycles.